The zero-order valence-corrected chi connectivity index (χ0v) is 18.5. The fourth-order valence-corrected chi connectivity index (χ4v) is 3.28. The van der Waals surface area contributed by atoms with Crippen molar-refractivity contribution < 1.29 is 23.6 Å². The van der Waals surface area contributed by atoms with E-state index in [1.807, 2.05) is 30.3 Å². The lowest BCUT2D eigenvalue weighted by Crippen LogP contribution is -2.24. The van der Waals surface area contributed by atoms with E-state index >= 15 is 0 Å². The van der Waals surface area contributed by atoms with Crippen molar-refractivity contribution in [3.8, 4) is 0 Å². The van der Waals surface area contributed by atoms with Gasteiger partial charge in [-0.1, -0.05) is 35.5 Å². The summed E-state index contributed by atoms with van der Waals surface area (Å²) in [5.74, 6) is 0.0317. The van der Waals surface area contributed by atoms with Gasteiger partial charge in [0.1, 0.15) is 12.4 Å². The summed E-state index contributed by atoms with van der Waals surface area (Å²) in [6.45, 7) is 3.50. The molecule has 3 rings (SSSR count). The number of hydrogen-bond acceptors (Lipinski definition) is 7. The molecule has 1 aromatic heterocycles. The maximum atomic E-state index is 12.3. The molecule has 2 N–H and O–H groups in total. The van der Waals surface area contributed by atoms with Crippen LogP contribution in [-0.2, 0) is 20.9 Å². The average Bonchev–Trinajstić information content (AvgIpc) is 3.21. The summed E-state index contributed by atoms with van der Waals surface area (Å²) in [5, 5.41) is 8.67. The van der Waals surface area contributed by atoms with Crippen LogP contribution in [0.3, 0.4) is 0 Å². The van der Waals surface area contributed by atoms with Crippen LogP contribution in [0.2, 0.25) is 0 Å². The Balaban J connectivity index is 1.39. The number of amides is 2. The molecule has 0 aliphatic rings. The Morgan fingerprint density at radius 2 is 1.78 bits per heavy atom. The molecule has 0 aliphatic carbocycles. The average molecular weight is 454 g/mol. The van der Waals surface area contributed by atoms with Gasteiger partial charge in [-0.05, 0) is 43.7 Å². The second kappa shape index (κ2) is 11.1. The number of esters is 1. The molecule has 0 aliphatic heterocycles. The lowest BCUT2D eigenvalue weighted by atomic mass is 10.1. The van der Waals surface area contributed by atoms with Gasteiger partial charge >= 0.3 is 5.97 Å². The molecule has 166 valence electrons. The normalized spacial score (nSPS) is 11.4. The fraction of sp³-hybridized carbons (Fsp3) is 0.217. The summed E-state index contributed by atoms with van der Waals surface area (Å²) in [4.78, 5) is 36.4. The molecule has 0 radical (unpaired) electrons. The Morgan fingerprint density at radius 3 is 2.44 bits per heavy atom. The van der Waals surface area contributed by atoms with Gasteiger partial charge in [0.05, 0.1) is 11.0 Å². The van der Waals surface area contributed by atoms with Gasteiger partial charge in [-0.3, -0.25) is 14.4 Å². The summed E-state index contributed by atoms with van der Waals surface area (Å²) in [6.07, 6.45) is 0. The highest BCUT2D eigenvalue weighted by Gasteiger charge is 2.17. The maximum absolute atomic E-state index is 12.3. The minimum absolute atomic E-state index is 0.0317. The molecule has 8 nitrogen and oxygen atoms in total. The van der Waals surface area contributed by atoms with E-state index in [4.69, 9.17) is 9.26 Å². The number of thioether (sulfide) groups is 1. The zero-order valence-electron chi connectivity index (χ0n) is 17.7. The lowest BCUT2D eigenvalue weighted by molar-refractivity contribution is -0.141. The predicted octanol–water partition coefficient (Wildman–Crippen LogP) is 4.04. The first-order chi connectivity index (χ1) is 15.4. The molecule has 0 fully saturated rings. The van der Waals surface area contributed by atoms with Gasteiger partial charge in [0.25, 0.3) is 5.91 Å². The molecule has 0 spiro atoms. The monoisotopic (exact) mass is 453 g/mol. The SMILES string of the molecule is Cc1cc(NC(=O)C(C)SCC(=O)OCc2ccc(C(=O)Nc3ccccc3)cc2)no1. The van der Waals surface area contributed by atoms with Crippen molar-refractivity contribution >= 4 is 41.1 Å². The van der Waals surface area contributed by atoms with Crippen LogP contribution >= 0.6 is 11.8 Å². The van der Waals surface area contributed by atoms with E-state index in [1.54, 1.807) is 44.2 Å². The predicted molar refractivity (Wildman–Crippen MR) is 122 cm³/mol. The van der Waals surface area contributed by atoms with Crippen LogP contribution in [-0.4, -0.2) is 33.9 Å². The van der Waals surface area contributed by atoms with Crippen molar-refractivity contribution in [3.63, 3.8) is 0 Å². The third kappa shape index (κ3) is 6.98. The van der Waals surface area contributed by atoms with E-state index in [-0.39, 0.29) is 24.2 Å². The molecule has 2 amide bonds. The number of rotatable bonds is 9. The highest BCUT2D eigenvalue weighted by atomic mass is 32.2. The van der Waals surface area contributed by atoms with Gasteiger partial charge in [0.15, 0.2) is 5.82 Å². The van der Waals surface area contributed by atoms with E-state index in [9.17, 15) is 14.4 Å². The van der Waals surface area contributed by atoms with Crippen LogP contribution in [0.15, 0.2) is 65.2 Å². The summed E-state index contributed by atoms with van der Waals surface area (Å²) in [6, 6.07) is 17.6. The Morgan fingerprint density at radius 1 is 1.06 bits per heavy atom. The summed E-state index contributed by atoms with van der Waals surface area (Å²) >= 11 is 1.16. The molecular formula is C23H23N3O5S. The van der Waals surface area contributed by atoms with Crippen molar-refractivity contribution in [3.05, 3.63) is 77.6 Å². The molecule has 2 aromatic carbocycles. The second-order valence-electron chi connectivity index (χ2n) is 6.94. The Hall–Kier alpha value is -3.59. The van der Waals surface area contributed by atoms with Gasteiger partial charge < -0.3 is 19.9 Å². The first kappa shape index (κ1) is 23.1. The van der Waals surface area contributed by atoms with E-state index < -0.39 is 11.2 Å². The number of carbonyl (C=O) groups excluding carboxylic acids is 3. The zero-order chi connectivity index (χ0) is 22.9. The smallest absolute Gasteiger partial charge is 0.316 e. The number of anilines is 2. The lowest BCUT2D eigenvalue weighted by Gasteiger charge is -2.10. The number of hydrogen-bond donors (Lipinski definition) is 2. The minimum Gasteiger partial charge on any atom is -0.460 e. The van der Waals surface area contributed by atoms with E-state index in [1.165, 1.54) is 0 Å². The molecular weight excluding hydrogens is 430 g/mol. The Kier molecular flexibility index (Phi) is 8.04. The molecule has 1 atom stereocenters. The standard InChI is InChI=1S/C23H23N3O5S/c1-15-12-20(26-31-15)25-22(28)16(2)32-14-21(27)30-13-17-8-10-18(11-9-17)23(29)24-19-6-4-3-5-7-19/h3-12,16H,13-14H2,1-2H3,(H,24,29)(H,25,26,28). The van der Waals surface area contributed by atoms with Crippen LogP contribution < -0.4 is 10.6 Å². The molecule has 0 saturated heterocycles. The third-order valence-corrected chi connectivity index (χ3v) is 5.46. The van der Waals surface area contributed by atoms with E-state index in [0.29, 0.717) is 22.8 Å². The number of aryl methyl sites for hydroxylation is 1. The number of benzene rings is 2. The molecule has 3 aromatic rings. The largest absolute Gasteiger partial charge is 0.460 e. The maximum Gasteiger partial charge on any atom is 0.316 e. The molecule has 1 unspecified atom stereocenters. The number of aromatic nitrogens is 1. The number of nitrogens with zero attached hydrogens (tertiary/aromatic N) is 1. The quantitative estimate of drug-likeness (QED) is 0.471. The van der Waals surface area contributed by atoms with Crippen molar-refractivity contribution in [2.24, 2.45) is 0 Å². The number of nitrogens with one attached hydrogen (secondary N) is 2. The van der Waals surface area contributed by atoms with Gasteiger partial charge in [-0.15, -0.1) is 11.8 Å². The number of carbonyl (C=O) groups is 3. The highest BCUT2D eigenvalue weighted by molar-refractivity contribution is 8.01. The summed E-state index contributed by atoms with van der Waals surface area (Å²) in [7, 11) is 0. The molecule has 0 bridgehead atoms. The van der Waals surface area contributed by atoms with E-state index in [0.717, 1.165) is 17.3 Å². The van der Waals surface area contributed by atoms with Gasteiger partial charge in [0, 0.05) is 17.3 Å². The van der Waals surface area contributed by atoms with Crippen LogP contribution in [0.5, 0.6) is 0 Å². The van der Waals surface area contributed by atoms with Gasteiger partial charge in [-0.25, -0.2) is 0 Å². The summed E-state index contributed by atoms with van der Waals surface area (Å²) in [5.41, 5.74) is 1.97. The summed E-state index contributed by atoms with van der Waals surface area (Å²) < 4.78 is 10.2. The fourth-order valence-electron chi connectivity index (χ4n) is 2.60. The Labute approximate surface area is 189 Å². The molecule has 1 heterocycles. The second-order valence-corrected chi connectivity index (χ2v) is 8.27. The minimum atomic E-state index is -0.470. The highest BCUT2D eigenvalue weighted by Crippen LogP contribution is 2.15. The molecule has 32 heavy (non-hydrogen) atoms. The topological polar surface area (TPSA) is 111 Å². The molecule has 0 saturated carbocycles. The number of para-hydroxylation sites is 1. The van der Waals surface area contributed by atoms with E-state index in [2.05, 4.69) is 15.8 Å². The van der Waals surface area contributed by atoms with Crippen molar-refractivity contribution in [1.29, 1.82) is 0 Å². The van der Waals surface area contributed by atoms with Crippen molar-refractivity contribution in [1.82, 2.24) is 5.16 Å². The first-order valence-electron chi connectivity index (χ1n) is 9.87. The number of ether oxygens (including phenoxy) is 1. The third-order valence-electron chi connectivity index (χ3n) is 4.35. The van der Waals surface area contributed by atoms with Crippen molar-refractivity contribution in [2.75, 3.05) is 16.4 Å². The van der Waals surface area contributed by atoms with Crippen LogP contribution in [0.1, 0.15) is 28.6 Å². The van der Waals surface area contributed by atoms with Gasteiger partial charge in [-0.2, -0.15) is 0 Å². The van der Waals surface area contributed by atoms with Gasteiger partial charge in [0.2, 0.25) is 5.91 Å². The Bertz CT molecular complexity index is 1070. The van der Waals surface area contributed by atoms with Crippen LogP contribution in [0.4, 0.5) is 11.5 Å². The molecule has 9 heteroatoms. The first-order valence-corrected chi connectivity index (χ1v) is 10.9. The van der Waals surface area contributed by atoms with Crippen LogP contribution in [0.25, 0.3) is 0 Å². The van der Waals surface area contributed by atoms with Crippen molar-refractivity contribution in [2.45, 2.75) is 25.7 Å². The van der Waals surface area contributed by atoms with Crippen LogP contribution in [0, 0.1) is 6.92 Å².